The Morgan fingerprint density at radius 2 is 2.12 bits per heavy atom. The zero-order valence-electron chi connectivity index (χ0n) is 8.15. The van der Waals surface area contributed by atoms with Gasteiger partial charge in [0.25, 0.3) is 0 Å². The minimum atomic E-state index is -4.81. The molecule has 0 radical (unpaired) electrons. The summed E-state index contributed by atoms with van der Waals surface area (Å²) in [5.41, 5.74) is -0.00690. The van der Waals surface area contributed by atoms with E-state index < -0.39 is 18.1 Å². The second kappa shape index (κ2) is 3.72. The van der Waals surface area contributed by atoms with Gasteiger partial charge in [-0.3, -0.25) is 0 Å². The molecule has 0 aromatic rings. The third-order valence-electron chi connectivity index (χ3n) is 2.06. The average Bonchev–Trinajstić information content (AvgIpc) is 2.57. The molecule has 0 aromatic carbocycles. The summed E-state index contributed by atoms with van der Waals surface area (Å²) in [5.74, 6) is -1.80. The molecular weight excluding hydrogens is 241 g/mol. The zero-order chi connectivity index (χ0) is 12.6. The van der Waals surface area contributed by atoms with E-state index in [1.165, 1.54) is 0 Å². The molecule has 0 fully saturated rings. The number of carbonyl (C=O) groups is 1. The van der Waals surface area contributed by atoms with E-state index in [9.17, 15) is 18.0 Å². The maximum atomic E-state index is 12.0. The van der Waals surface area contributed by atoms with Gasteiger partial charge in [-0.05, 0) is 12.2 Å². The molecule has 1 heterocycles. The van der Waals surface area contributed by atoms with Crippen molar-refractivity contribution in [2.45, 2.75) is 12.8 Å². The van der Waals surface area contributed by atoms with Gasteiger partial charge in [-0.25, -0.2) is 4.79 Å². The fourth-order valence-corrected chi connectivity index (χ4v) is 1.42. The number of allylic oxidation sites excluding steroid dienone is 2. The second-order valence-electron chi connectivity index (χ2n) is 3.22. The summed E-state index contributed by atoms with van der Waals surface area (Å²) >= 11 is 0. The van der Waals surface area contributed by atoms with Gasteiger partial charge in [0.1, 0.15) is 5.76 Å². The number of hydrogen-bond donors (Lipinski definition) is 1. The van der Waals surface area contributed by atoms with Crippen LogP contribution in [0.1, 0.15) is 6.42 Å². The maximum Gasteiger partial charge on any atom is 0.573 e. The molecule has 0 aromatic heterocycles. The molecule has 90 valence electrons. The van der Waals surface area contributed by atoms with E-state index in [1.807, 2.05) is 0 Å². The van der Waals surface area contributed by atoms with Gasteiger partial charge in [0, 0.05) is 12.0 Å². The Bertz CT molecular complexity index is 500. The summed E-state index contributed by atoms with van der Waals surface area (Å²) in [6.07, 6.45) is -2.62. The standard InChI is InChI=1S/C9H5F3N2O3/c10-9(11,12)17-4-1-2-6-5(3-4)7(8(15)16)14-13-6/h1,3H,2H2,(H,15,16). The fourth-order valence-electron chi connectivity index (χ4n) is 1.42. The number of carboxylic acids is 1. The predicted octanol–water partition coefficient (Wildman–Crippen LogP) is 1.63. The van der Waals surface area contributed by atoms with Crippen molar-refractivity contribution in [1.29, 1.82) is 0 Å². The van der Waals surface area contributed by atoms with Gasteiger partial charge >= 0.3 is 12.3 Å². The Labute approximate surface area is 92.6 Å². The van der Waals surface area contributed by atoms with Crippen LogP contribution in [0.2, 0.25) is 0 Å². The maximum absolute atomic E-state index is 12.0. The van der Waals surface area contributed by atoms with Crippen molar-refractivity contribution in [3.05, 3.63) is 23.5 Å². The van der Waals surface area contributed by atoms with Crippen LogP contribution in [0.5, 0.6) is 0 Å². The van der Waals surface area contributed by atoms with Crippen molar-refractivity contribution < 1.29 is 27.8 Å². The highest BCUT2D eigenvalue weighted by Gasteiger charge is 2.34. The molecule has 0 spiro atoms. The molecule has 1 aliphatic carbocycles. The van der Waals surface area contributed by atoms with Crippen molar-refractivity contribution in [3.8, 4) is 0 Å². The smallest absolute Gasteiger partial charge is 0.476 e. The largest absolute Gasteiger partial charge is 0.573 e. The van der Waals surface area contributed by atoms with Crippen LogP contribution in [0.3, 0.4) is 0 Å². The monoisotopic (exact) mass is 246 g/mol. The first-order valence-corrected chi connectivity index (χ1v) is 4.43. The summed E-state index contributed by atoms with van der Waals surface area (Å²) in [5, 5.41) is 15.7. The molecule has 0 saturated heterocycles. The molecule has 0 bridgehead atoms. The first-order chi connectivity index (χ1) is 7.87. The Balaban J connectivity index is 2.24. The van der Waals surface area contributed by atoms with Crippen LogP contribution in [-0.2, 0) is 9.53 Å². The lowest BCUT2D eigenvalue weighted by molar-refractivity contribution is -0.303. The van der Waals surface area contributed by atoms with Crippen molar-refractivity contribution in [3.63, 3.8) is 0 Å². The van der Waals surface area contributed by atoms with Gasteiger partial charge in [-0.15, -0.1) is 18.3 Å². The van der Waals surface area contributed by atoms with Crippen molar-refractivity contribution in [1.82, 2.24) is 0 Å². The molecule has 2 aliphatic rings. The molecule has 8 heteroatoms. The van der Waals surface area contributed by atoms with Gasteiger partial charge in [-0.1, -0.05) is 0 Å². The van der Waals surface area contributed by atoms with Crippen LogP contribution >= 0.6 is 0 Å². The molecule has 0 amide bonds. The fraction of sp³-hybridized carbons (Fsp3) is 0.222. The van der Waals surface area contributed by atoms with Crippen molar-refractivity contribution in [2.24, 2.45) is 10.2 Å². The van der Waals surface area contributed by atoms with Crippen LogP contribution in [0, 0.1) is 0 Å². The minimum absolute atomic E-state index is 0.0531. The van der Waals surface area contributed by atoms with E-state index in [-0.39, 0.29) is 17.7 Å². The number of nitrogens with zero attached hydrogens (tertiary/aromatic N) is 2. The van der Waals surface area contributed by atoms with Gasteiger partial charge in [0.05, 0.1) is 5.71 Å². The number of ether oxygens (including phenoxy) is 1. The first kappa shape index (κ1) is 11.4. The average molecular weight is 246 g/mol. The number of carboxylic acid groups (broad SMARTS) is 1. The Morgan fingerprint density at radius 1 is 1.41 bits per heavy atom. The van der Waals surface area contributed by atoms with Crippen LogP contribution in [0.15, 0.2) is 33.7 Å². The van der Waals surface area contributed by atoms with Gasteiger partial charge < -0.3 is 9.84 Å². The third-order valence-corrected chi connectivity index (χ3v) is 2.06. The summed E-state index contributed by atoms with van der Waals surface area (Å²) in [6.45, 7) is 0. The lowest BCUT2D eigenvalue weighted by atomic mass is 9.98. The molecule has 0 atom stereocenters. The molecule has 0 unspecified atom stereocenters. The van der Waals surface area contributed by atoms with Crippen molar-refractivity contribution in [2.75, 3.05) is 0 Å². The summed E-state index contributed by atoms with van der Waals surface area (Å²) in [6, 6.07) is 0. The van der Waals surface area contributed by atoms with E-state index >= 15 is 0 Å². The second-order valence-corrected chi connectivity index (χ2v) is 3.22. The Hall–Kier alpha value is -2.12. The van der Waals surface area contributed by atoms with Crippen LogP contribution in [0.25, 0.3) is 0 Å². The highest BCUT2D eigenvalue weighted by Crippen LogP contribution is 2.27. The van der Waals surface area contributed by atoms with Gasteiger partial charge in [-0.2, -0.15) is 5.10 Å². The zero-order valence-corrected chi connectivity index (χ0v) is 8.15. The molecular formula is C9H5F3N2O3. The SMILES string of the molecule is O=C(O)C1=NN=C2CC=C(OC(F)(F)F)C=C21. The van der Waals surface area contributed by atoms with E-state index in [0.29, 0.717) is 5.71 Å². The molecule has 5 nitrogen and oxygen atoms in total. The normalized spacial score (nSPS) is 18.8. The third kappa shape index (κ3) is 2.35. The number of alkyl halides is 3. The Morgan fingerprint density at radius 3 is 2.71 bits per heavy atom. The molecule has 2 rings (SSSR count). The van der Waals surface area contributed by atoms with Crippen LogP contribution < -0.4 is 0 Å². The predicted molar refractivity (Wildman–Crippen MR) is 50.4 cm³/mol. The topological polar surface area (TPSA) is 71.2 Å². The lowest BCUT2D eigenvalue weighted by Crippen LogP contribution is -2.21. The summed E-state index contributed by atoms with van der Waals surface area (Å²) < 4.78 is 39.6. The number of rotatable bonds is 2. The van der Waals surface area contributed by atoms with Gasteiger partial charge in [0.15, 0.2) is 5.71 Å². The number of halogens is 3. The summed E-state index contributed by atoms with van der Waals surface area (Å²) in [4.78, 5) is 10.7. The number of aliphatic carboxylic acids is 1. The molecule has 0 saturated carbocycles. The highest BCUT2D eigenvalue weighted by molar-refractivity contribution is 6.51. The molecule has 1 N–H and O–H groups in total. The van der Waals surface area contributed by atoms with Crippen LogP contribution in [-0.4, -0.2) is 28.9 Å². The number of fused-ring (bicyclic) bond motifs is 1. The van der Waals surface area contributed by atoms with E-state index in [4.69, 9.17) is 5.11 Å². The van der Waals surface area contributed by atoms with Crippen molar-refractivity contribution >= 4 is 17.4 Å². The molecule has 1 aliphatic heterocycles. The Kier molecular flexibility index (Phi) is 2.49. The minimum Gasteiger partial charge on any atom is -0.476 e. The number of hydrogen-bond acceptors (Lipinski definition) is 4. The quantitative estimate of drug-likeness (QED) is 0.804. The van der Waals surface area contributed by atoms with E-state index in [0.717, 1.165) is 12.2 Å². The highest BCUT2D eigenvalue weighted by atomic mass is 19.4. The lowest BCUT2D eigenvalue weighted by Gasteiger charge is -2.14. The first-order valence-electron chi connectivity index (χ1n) is 4.43. The summed E-state index contributed by atoms with van der Waals surface area (Å²) in [7, 11) is 0. The van der Waals surface area contributed by atoms with Crippen LogP contribution in [0.4, 0.5) is 13.2 Å². The van der Waals surface area contributed by atoms with E-state index in [2.05, 4.69) is 14.9 Å². The molecule has 17 heavy (non-hydrogen) atoms. The van der Waals surface area contributed by atoms with Gasteiger partial charge in [0.2, 0.25) is 0 Å². The van der Waals surface area contributed by atoms with E-state index in [1.54, 1.807) is 0 Å².